The number of pyridine rings is 1. The largest absolute Gasteiger partial charge is 0.361 e. The smallest absolute Gasteiger partial charge is 0.193 e. The molecular weight excluding hydrogens is 329 g/mol. The van der Waals surface area contributed by atoms with Gasteiger partial charge in [0.15, 0.2) is 5.43 Å². The fourth-order valence-electron chi connectivity index (χ4n) is 4.21. The Morgan fingerprint density at radius 3 is 2.83 bits per heavy atom. The summed E-state index contributed by atoms with van der Waals surface area (Å²) in [4.78, 5) is 18.3. The zero-order valence-corrected chi connectivity index (χ0v) is 14.4. The molecule has 4 nitrogen and oxygen atoms in total. The lowest BCUT2D eigenvalue weighted by atomic mass is 9.92. The number of nitrogens with zero attached hydrogens (tertiary/aromatic N) is 1. The van der Waals surface area contributed by atoms with Gasteiger partial charge in [0.05, 0.1) is 0 Å². The lowest BCUT2D eigenvalue weighted by Gasteiger charge is -2.45. The molecule has 0 unspecified atom stereocenters. The van der Waals surface area contributed by atoms with Crippen LogP contribution in [-0.2, 0) is 6.54 Å². The number of aromatic amines is 1. The van der Waals surface area contributed by atoms with Crippen LogP contribution in [0, 0.1) is 5.82 Å². The Hall–Kier alpha value is -1.43. The number of hydrogen-bond donors (Lipinski definition) is 2. The predicted molar refractivity (Wildman–Crippen MR) is 96.3 cm³/mol. The van der Waals surface area contributed by atoms with Gasteiger partial charge < -0.3 is 10.3 Å². The summed E-state index contributed by atoms with van der Waals surface area (Å²) in [5, 5.41) is 3.95. The summed E-state index contributed by atoms with van der Waals surface area (Å²) in [6.07, 6.45) is 6.71. The fourth-order valence-corrected chi connectivity index (χ4v) is 4.21. The van der Waals surface area contributed by atoms with E-state index in [-0.39, 0.29) is 29.2 Å². The maximum absolute atomic E-state index is 13.5. The maximum Gasteiger partial charge on any atom is 0.193 e. The van der Waals surface area contributed by atoms with Gasteiger partial charge in [-0.05, 0) is 31.0 Å². The quantitative estimate of drug-likeness (QED) is 0.874. The highest BCUT2D eigenvalue weighted by Gasteiger charge is 2.41. The average Bonchev–Trinajstić information content (AvgIpc) is 3.02. The highest BCUT2D eigenvalue weighted by molar-refractivity contribution is 5.85. The molecule has 0 radical (unpaired) electrons. The van der Waals surface area contributed by atoms with Gasteiger partial charge in [-0.25, -0.2) is 4.39 Å². The van der Waals surface area contributed by atoms with Gasteiger partial charge >= 0.3 is 0 Å². The van der Waals surface area contributed by atoms with Gasteiger partial charge in [0.2, 0.25) is 0 Å². The summed E-state index contributed by atoms with van der Waals surface area (Å²) in [7, 11) is 0. The zero-order chi connectivity index (χ0) is 15.9. The minimum absolute atomic E-state index is 0. The monoisotopic (exact) mass is 351 g/mol. The summed E-state index contributed by atoms with van der Waals surface area (Å²) in [6, 6.07) is 4.33. The predicted octanol–water partition coefficient (Wildman–Crippen LogP) is 2.81. The molecule has 4 rings (SSSR count). The van der Waals surface area contributed by atoms with Gasteiger partial charge in [-0.3, -0.25) is 9.69 Å². The van der Waals surface area contributed by atoms with E-state index in [2.05, 4.69) is 15.2 Å². The standard InChI is InChI=1S/C18H22FN3O.ClH/c19-14-3-4-16-15(9-14)17(23)13(10-21-16)11-22-8-7-20-12-18(22)5-1-2-6-18;/h3-4,9-10,20H,1-2,5-8,11-12H2,(H,21,23);1H. The Morgan fingerprint density at radius 1 is 1.25 bits per heavy atom. The second kappa shape index (κ2) is 6.82. The van der Waals surface area contributed by atoms with Crippen molar-refractivity contribution in [2.75, 3.05) is 19.6 Å². The van der Waals surface area contributed by atoms with Crippen molar-refractivity contribution in [3.63, 3.8) is 0 Å². The third kappa shape index (κ3) is 2.96. The van der Waals surface area contributed by atoms with E-state index in [0.717, 1.165) is 25.2 Å². The second-order valence-electron chi connectivity index (χ2n) is 6.86. The molecule has 2 heterocycles. The first-order valence-corrected chi connectivity index (χ1v) is 8.44. The van der Waals surface area contributed by atoms with Gasteiger partial charge in [0.25, 0.3) is 0 Å². The van der Waals surface area contributed by atoms with Gasteiger partial charge in [-0.1, -0.05) is 12.8 Å². The van der Waals surface area contributed by atoms with Crippen LogP contribution in [0.1, 0.15) is 31.2 Å². The van der Waals surface area contributed by atoms with E-state index in [1.807, 2.05) is 0 Å². The third-order valence-electron chi connectivity index (χ3n) is 5.50. The van der Waals surface area contributed by atoms with Gasteiger partial charge in [0.1, 0.15) is 5.82 Å². The van der Waals surface area contributed by atoms with Crippen molar-refractivity contribution in [2.24, 2.45) is 0 Å². The van der Waals surface area contributed by atoms with Crippen LogP contribution in [0.4, 0.5) is 4.39 Å². The molecule has 2 aliphatic rings. The first kappa shape index (κ1) is 17.4. The molecule has 2 fully saturated rings. The first-order valence-electron chi connectivity index (χ1n) is 8.44. The molecule has 0 amide bonds. The second-order valence-corrected chi connectivity index (χ2v) is 6.86. The molecule has 2 N–H and O–H groups in total. The SMILES string of the molecule is Cl.O=c1c(CN2CCNCC23CCCC3)c[nH]c2ccc(F)cc12. The Balaban J connectivity index is 0.00000169. The van der Waals surface area contributed by atoms with Crippen molar-refractivity contribution in [1.29, 1.82) is 0 Å². The Kier molecular flexibility index (Phi) is 4.95. The number of halogens is 2. The molecule has 1 aromatic carbocycles. The molecule has 1 aliphatic carbocycles. The van der Waals surface area contributed by atoms with E-state index in [1.165, 1.54) is 37.8 Å². The summed E-state index contributed by atoms with van der Waals surface area (Å²) in [6.45, 7) is 3.57. The van der Waals surface area contributed by atoms with Gasteiger partial charge in [-0.15, -0.1) is 12.4 Å². The lowest BCUT2D eigenvalue weighted by Crippen LogP contribution is -2.59. The van der Waals surface area contributed by atoms with Gasteiger partial charge in [-0.2, -0.15) is 0 Å². The van der Waals surface area contributed by atoms with E-state index >= 15 is 0 Å². The molecule has 0 bridgehead atoms. The molecule has 1 spiro atoms. The van der Waals surface area contributed by atoms with Crippen molar-refractivity contribution in [1.82, 2.24) is 15.2 Å². The number of benzene rings is 1. The number of hydrogen-bond acceptors (Lipinski definition) is 3. The van der Waals surface area contributed by atoms with Crippen LogP contribution >= 0.6 is 12.4 Å². The van der Waals surface area contributed by atoms with E-state index in [0.29, 0.717) is 17.4 Å². The number of piperazine rings is 1. The van der Waals surface area contributed by atoms with E-state index < -0.39 is 0 Å². The Morgan fingerprint density at radius 2 is 2.04 bits per heavy atom. The van der Waals surface area contributed by atoms with Crippen LogP contribution in [0.3, 0.4) is 0 Å². The molecule has 0 atom stereocenters. The summed E-state index contributed by atoms with van der Waals surface area (Å²) in [5.41, 5.74) is 1.57. The van der Waals surface area contributed by atoms with E-state index in [1.54, 1.807) is 12.3 Å². The number of fused-ring (bicyclic) bond motifs is 1. The third-order valence-corrected chi connectivity index (χ3v) is 5.50. The first-order chi connectivity index (χ1) is 11.2. The maximum atomic E-state index is 13.5. The van der Waals surface area contributed by atoms with Crippen molar-refractivity contribution in [3.05, 3.63) is 46.0 Å². The highest BCUT2D eigenvalue weighted by Crippen LogP contribution is 2.36. The molecule has 1 saturated heterocycles. The minimum atomic E-state index is -0.366. The van der Waals surface area contributed by atoms with Crippen LogP contribution in [0.2, 0.25) is 0 Å². The number of H-pyrrole nitrogens is 1. The molecule has 6 heteroatoms. The molecule has 1 saturated carbocycles. The van der Waals surface area contributed by atoms with Crippen LogP contribution in [0.5, 0.6) is 0 Å². The molecule has 24 heavy (non-hydrogen) atoms. The lowest BCUT2D eigenvalue weighted by molar-refractivity contribution is 0.0569. The molecule has 1 aliphatic heterocycles. The minimum Gasteiger partial charge on any atom is -0.361 e. The number of nitrogens with one attached hydrogen (secondary N) is 2. The molecular formula is C18H23ClFN3O. The fraction of sp³-hybridized carbons (Fsp3) is 0.500. The van der Waals surface area contributed by atoms with Gasteiger partial charge in [0, 0.05) is 54.4 Å². The Bertz CT molecular complexity index is 785. The van der Waals surface area contributed by atoms with Crippen molar-refractivity contribution < 1.29 is 4.39 Å². The summed E-state index contributed by atoms with van der Waals surface area (Å²) in [5.74, 6) is -0.366. The zero-order valence-electron chi connectivity index (χ0n) is 13.6. The normalized spacial score (nSPS) is 20.4. The van der Waals surface area contributed by atoms with E-state index in [4.69, 9.17) is 0 Å². The van der Waals surface area contributed by atoms with Crippen molar-refractivity contribution in [2.45, 2.75) is 37.8 Å². The van der Waals surface area contributed by atoms with Crippen molar-refractivity contribution >= 4 is 23.3 Å². The molecule has 1 aromatic heterocycles. The van der Waals surface area contributed by atoms with Crippen LogP contribution in [-0.4, -0.2) is 35.1 Å². The van der Waals surface area contributed by atoms with Crippen LogP contribution in [0.25, 0.3) is 10.9 Å². The van der Waals surface area contributed by atoms with Crippen molar-refractivity contribution in [3.8, 4) is 0 Å². The average molecular weight is 352 g/mol. The van der Waals surface area contributed by atoms with E-state index in [9.17, 15) is 9.18 Å². The molecule has 130 valence electrons. The summed E-state index contributed by atoms with van der Waals surface area (Å²) < 4.78 is 13.5. The number of aromatic nitrogens is 1. The summed E-state index contributed by atoms with van der Waals surface area (Å²) >= 11 is 0. The van der Waals surface area contributed by atoms with Crippen LogP contribution in [0.15, 0.2) is 29.2 Å². The molecule has 2 aromatic rings. The highest BCUT2D eigenvalue weighted by atomic mass is 35.5. The van der Waals surface area contributed by atoms with Crippen LogP contribution < -0.4 is 10.7 Å². The Labute approximate surface area is 146 Å². The number of rotatable bonds is 2. The topological polar surface area (TPSA) is 48.1 Å².